The molecule has 4 heteroatoms. The molecule has 0 aliphatic carbocycles. The van der Waals surface area contributed by atoms with Crippen molar-refractivity contribution in [3.63, 3.8) is 0 Å². The molecule has 0 atom stereocenters. The normalized spacial score (nSPS) is 8.73. The molecule has 0 aromatic carbocycles. The Bertz CT molecular complexity index is 153. The largest absolute Gasteiger partial charge is 0.466 e. The van der Waals surface area contributed by atoms with E-state index in [4.69, 9.17) is 5.26 Å². The fourth-order valence-corrected chi connectivity index (χ4v) is 1.05. The SMILES string of the molecule is CCOC(=O)CCSCC#N. The quantitative estimate of drug-likeness (QED) is 0.463. The summed E-state index contributed by atoms with van der Waals surface area (Å²) in [5.74, 6) is 0.934. The van der Waals surface area contributed by atoms with Crippen LogP contribution in [0.2, 0.25) is 0 Å². The number of nitriles is 1. The third-order valence-electron chi connectivity index (χ3n) is 0.922. The Balaban J connectivity index is 3.12. The number of rotatable bonds is 5. The third kappa shape index (κ3) is 7.20. The van der Waals surface area contributed by atoms with E-state index in [0.717, 1.165) is 0 Å². The van der Waals surface area contributed by atoms with Crippen molar-refractivity contribution < 1.29 is 9.53 Å². The standard InChI is InChI=1S/C7H11NO2S/c1-2-10-7(9)3-5-11-6-4-8/h2-3,5-6H2,1H3. The van der Waals surface area contributed by atoms with E-state index in [1.54, 1.807) is 6.92 Å². The molecule has 0 aliphatic heterocycles. The Labute approximate surface area is 70.7 Å². The second kappa shape index (κ2) is 7.42. The Hall–Kier alpha value is -0.690. The summed E-state index contributed by atoms with van der Waals surface area (Å²) in [5.41, 5.74) is 0. The molecule has 3 nitrogen and oxygen atoms in total. The maximum atomic E-state index is 10.7. The minimum Gasteiger partial charge on any atom is -0.466 e. The second-order valence-corrected chi connectivity index (χ2v) is 2.87. The molecule has 0 N–H and O–H groups in total. The molecule has 0 saturated heterocycles. The lowest BCUT2D eigenvalue weighted by atomic mass is 10.5. The van der Waals surface area contributed by atoms with Crippen molar-refractivity contribution in [2.24, 2.45) is 0 Å². The molecule has 11 heavy (non-hydrogen) atoms. The third-order valence-corrected chi connectivity index (χ3v) is 1.75. The van der Waals surface area contributed by atoms with Crippen LogP contribution in [-0.4, -0.2) is 24.1 Å². The number of carbonyl (C=O) groups is 1. The summed E-state index contributed by atoms with van der Waals surface area (Å²) in [6.45, 7) is 2.21. The highest BCUT2D eigenvalue weighted by Crippen LogP contribution is 2.01. The predicted octanol–water partition coefficient (Wildman–Crippen LogP) is 1.20. The fourth-order valence-electron chi connectivity index (χ4n) is 0.506. The zero-order chi connectivity index (χ0) is 8.53. The van der Waals surface area contributed by atoms with Crippen molar-refractivity contribution >= 4 is 17.7 Å². The minimum absolute atomic E-state index is 0.182. The van der Waals surface area contributed by atoms with Crippen LogP contribution in [0.25, 0.3) is 0 Å². The number of esters is 1. The molecule has 0 spiro atoms. The number of ether oxygens (including phenoxy) is 1. The average molecular weight is 173 g/mol. The van der Waals surface area contributed by atoms with Crippen LogP contribution in [0.5, 0.6) is 0 Å². The molecule has 0 aromatic heterocycles. The van der Waals surface area contributed by atoms with E-state index >= 15 is 0 Å². The van der Waals surface area contributed by atoms with Crippen molar-refractivity contribution in [2.75, 3.05) is 18.1 Å². The minimum atomic E-state index is -0.182. The van der Waals surface area contributed by atoms with Gasteiger partial charge < -0.3 is 4.74 Å². The van der Waals surface area contributed by atoms with Crippen molar-refractivity contribution in [1.82, 2.24) is 0 Å². The van der Waals surface area contributed by atoms with E-state index in [9.17, 15) is 4.79 Å². The summed E-state index contributed by atoms with van der Waals surface area (Å²) in [5, 5.41) is 8.15. The molecule has 0 fully saturated rings. The summed E-state index contributed by atoms with van der Waals surface area (Å²) < 4.78 is 4.69. The topological polar surface area (TPSA) is 50.1 Å². The van der Waals surface area contributed by atoms with E-state index < -0.39 is 0 Å². The van der Waals surface area contributed by atoms with Gasteiger partial charge in [-0.05, 0) is 6.92 Å². The van der Waals surface area contributed by atoms with Crippen LogP contribution < -0.4 is 0 Å². The van der Waals surface area contributed by atoms with Crippen LogP contribution >= 0.6 is 11.8 Å². The average Bonchev–Trinajstić information content (AvgIpc) is 1.99. The fraction of sp³-hybridized carbons (Fsp3) is 0.714. The first-order valence-electron chi connectivity index (χ1n) is 3.41. The van der Waals surface area contributed by atoms with Crippen molar-refractivity contribution in [2.45, 2.75) is 13.3 Å². The molecule has 0 radical (unpaired) electrons. The Morgan fingerprint density at radius 2 is 2.45 bits per heavy atom. The van der Waals surface area contributed by atoms with E-state index in [-0.39, 0.29) is 5.97 Å². The Kier molecular flexibility index (Phi) is 6.95. The van der Waals surface area contributed by atoms with E-state index in [1.165, 1.54) is 11.8 Å². The molecule has 0 heterocycles. The van der Waals surface area contributed by atoms with E-state index in [2.05, 4.69) is 4.74 Å². The maximum absolute atomic E-state index is 10.7. The van der Waals surface area contributed by atoms with Gasteiger partial charge in [-0.25, -0.2) is 0 Å². The van der Waals surface area contributed by atoms with E-state index in [1.807, 2.05) is 6.07 Å². The number of hydrogen-bond donors (Lipinski definition) is 0. The van der Waals surface area contributed by atoms with Gasteiger partial charge in [0.25, 0.3) is 0 Å². The monoisotopic (exact) mass is 173 g/mol. The molecule has 0 saturated carbocycles. The molecular weight excluding hydrogens is 162 g/mol. The number of nitrogens with zero attached hydrogens (tertiary/aromatic N) is 1. The number of carbonyl (C=O) groups excluding carboxylic acids is 1. The summed E-state index contributed by atoms with van der Waals surface area (Å²) in [6, 6.07) is 1.98. The van der Waals surface area contributed by atoms with Crippen LogP contribution in [0, 0.1) is 11.3 Å². The molecule has 0 unspecified atom stereocenters. The van der Waals surface area contributed by atoms with Crippen molar-refractivity contribution in [1.29, 1.82) is 5.26 Å². The highest BCUT2D eigenvalue weighted by atomic mass is 32.2. The smallest absolute Gasteiger partial charge is 0.306 e. The molecule has 0 rings (SSSR count). The number of hydrogen-bond acceptors (Lipinski definition) is 4. The van der Waals surface area contributed by atoms with Gasteiger partial charge >= 0.3 is 5.97 Å². The summed E-state index contributed by atoms with van der Waals surface area (Å²) >= 11 is 1.45. The van der Waals surface area contributed by atoms with Gasteiger partial charge in [0.15, 0.2) is 0 Å². The molecule has 0 aromatic rings. The van der Waals surface area contributed by atoms with E-state index in [0.29, 0.717) is 24.5 Å². The van der Waals surface area contributed by atoms with Gasteiger partial charge in [0, 0.05) is 5.75 Å². The van der Waals surface area contributed by atoms with Crippen LogP contribution in [0.1, 0.15) is 13.3 Å². The van der Waals surface area contributed by atoms with Crippen LogP contribution in [0.3, 0.4) is 0 Å². The first-order chi connectivity index (χ1) is 5.31. The lowest BCUT2D eigenvalue weighted by Crippen LogP contribution is -2.04. The maximum Gasteiger partial charge on any atom is 0.306 e. The molecule has 0 bridgehead atoms. The van der Waals surface area contributed by atoms with Gasteiger partial charge in [-0.15, -0.1) is 11.8 Å². The van der Waals surface area contributed by atoms with Crippen LogP contribution in [-0.2, 0) is 9.53 Å². The lowest BCUT2D eigenvalue weighted by molar-refractivity contribution is -0.142. The summed E-state index contributed by atoms with van der Waals surface area (Å²) in [7, 11) is 0. The molecule has 0 amide bonds. The first kappa shape index (κ1) is 10.3. The zero-order valence-electron chi connectivity index (χ0n) is 6.50. The molecule has 0 aliphatic rings. The Morgan fingerprint density at radius 1 is 1.73 bits per heavy atom. The first-order valence-corrected chi connectivity index (χ1v) is 4.57. The van der Waals surface area contributed by atoms with Gasteiger partial charge in [0.05, 0.1) is 24.8 Å². The van der Waals surface area contributed by atoms with Gasteiger partial charge in [-0.1, -0.05) is 0 Å². The molecular formula is C7H11NO2S. The predicted molar refractivity (Wildman–Crippen MR) is 44.2 cm³/mol. The highest BCUT2D eigenvalue weighted by Gasteiger charge is 1.99. The summed E-state index contributed by atoms with van der Waals surface area (Å²) in [6.07, 6.45) is 0.403. The van der Waals surface area contributed by atoms with Gasteiger partial charge in [-0.2, -0.15) is 5.26 Å². The van der Waals surface area contributed by atoms with Gasteiger partial charge in [-0.3, -0.25) is 4.79 Å². The van der Waals surface area contributed by atoms with Crippen molar-refractivity contribution in [3.05, 3.63) is 0 Å². The highest BCUT2D eigenvalue weighted by molar-refractivity contribution is 7.99. The zero-order valence-corrected chi connectivity index (χ0v) is 7.32. The molecule has 62 valence electrons. The van der Waals surface area contributed by atoms with Crippen molar-refractivity contribution in [3.8, 4) is 6.07 Å². The second-order valence-electron chi connectivity index (χ2n) is 1.77. The van der Waals surface area contributed by atoms with Crippen LogP contribution in [0.15, 0.2) is 0 Å². The lowest BCUT2D eigenvalue weighted by Gasteiger charge is -1.98. The van der Waals surface area contributed by atoms with Crippen LogP contribution in [0.4, 0.5) is 0 Å². The Morgan fingerprint density at radius 3 is 3.00 bits per heavy atom. The summed E-state index contributed by atoms with van der Waals surface area (Å²) in [4.78, 5) is 10.7. The van der Waals surface area contributed by atoms with Gasteiger partial charge in [0.1, 0.15) is 0 Å². The number of thioether (sulfide) groups is 1. The van der Waals surface area contributed by atoms with Gasteiger partial charge in [0.2, 0.25) is 0 Å².